The van der Waals surface area contributed by atoms with Crippen LogP contribution in [0.2, 0.25) is 0 Å². The summed E-state index contributed by atoms with van der Waals surface area (Å²) in [5.41, 5.74) is 1.06. The van der Waals surface area contributed by atoms with Crippen LogP contribution < -0.4 is 10.2 Å². The highest BCUT2D eigenvalue weighted by Crippen LogP contribution is 2.28. The second kappa shape index (κ2) is 6.89. The maximum atomic E-state index is 14.1. The number of likely N-dealkylation sites (N-methyl/N-ethyl adjacent to an activating group) is 1. The Hall–Kier alpha value is -1.95. The van der Waals surface area contributed by atoms with Gasteiger partial charge in [0.1, 0.15) is 5.82 Å². The maximum absolute atomic E-state index is 14.1. The van der Waals surface area contributed by atoms with Crippen molar-refractivity contribution in [1.82, 2.24) is 10.2 Å². The topological polar surface area (TPSA) is 52.7 Å². The van der Waals surface area contributed by atoms with Crippen molar-refractivity contribution in [2.45, 2.75) is 32.2 Å². The number of benzene rings is 1. The van der Waals surface area contributed by atoms with Crippen LogP contribution in [0.5, 0.6) is 0 Å². The smallest absolute Gasteiger partial charge is 0.227 e. The van der Waals surface area contributed by atoms with E-state index in [0.29, 0.717) is 12.6 Å². The highest BCUT2D eigenvalue weighted by Gasteiger charge is 2.36. The van der Waals surface area contributed by atoms with Crippen LogP contribution in [-0.2, 0) is 9.59 Å². The van der Waals surface area contributed by atoms with Crippen molar-refractivity contribution >= 4 is 17.5 Å². The highest BCUT2D eigenvalue weighted by molar-refractivity contribution is 6.00. The highest BCUT2D eigenvalue weighted by atomic mass is 19.1. The molecule has 0 aromatic heterocycles. The minimum Gasteiger partial charge on any atom is -0.355 e. The molecular formula is C18H24FN3O2. The van der Waals surface area contributed by atoms with Gasteiger partial charge in [0.2, 0.25) is 11.8 Å². The Balaban J connectivity index is 1.54. The maximum Gasteiger partial charge on any atom is 0.227 e. The Bertz CT molecular complexity index is 645. The van der Waals surface area contributed by atoms with Crippen LogP contribution in [-0.4, -0.2) is 49.4 Å². The predicted octanol–water partition coefficient (Wildman–Crippen LogP) is 1.70. The molecule has 1 saturated heterocycles. The molecule has 1 N–H and O–H groups in total. The van der Waals surface area contributed by atoms with Crippen molar-refractivity contribution in [2.24, 2.45) is 5.92 Å². The lowest BCUT2D eigenvalue weighted by atomic mass is 10.1. The molecule has 1 aromatic carbocycles. The number of halogens is 1. The lowest BCUT2D eigenvalue weighted by Crippen LogP contribution is -2.38. The number of carbonyl (C=O) groups is 2. The molecule has 0 radical (unpaired) electrons. The van der Waals surface area contributed by atoms with Gasteiger partial charge in [0, 0.05) is 32.1 Å². The van der Waals surface area contributed by atoms with E-state index in [1.807, 2.05) is 0 Å². The second-order valence-corrected chi connectivity index (χ2v) is 6.86. The zero-order valence-corrected chi connectivity index (χ0v) is 14.2. The van der Waals surface area contributed by atoms with E-state index in [4.69, 9.17) is 0 Å². The molecule has 1 heterocycles. The first-order valence-electron chi connectivity index (χ1n) is 8.50. The van der Waals surface area contributed by atoms with Crippen LogP contribution in [0.1, 0.15) is 24.8 Å². The average Bonchev–Trinajstić information content (AvgIpc) is 3.31. The summed E-state index contributed by atoms with van der Waals surface area (Å²) in [6.45, 7) is 3.43. The van der Waals surface area contributed by atoms with E-state index < -0.39 is 11.7 Å². The third kappa shape index (κ3) is 3.75. The fourth-order valence-corrected chi connectivity index (χ4v) is 3.14. The lowest BCUT2D eigenvalue weighted by Gasteiger charge is -2.18. The summed E-state index contributed by atoms with van der Waals surface area (Å²) in [6, 6.07) is 5.44. The lowest BCUT2D eigenvalue weighted by molar-refractivity contribution is -0.126. The van der Waals surface area contributed by atoms with Crippen molar-refractivity contribution < 1.29 is 14.0 Å². The van der Waals surface area contributed by atoms with E-state index in [1.165, 1.54) is 23.8 Å². The zero-order chi connectivity index (χ0) is 17.3. The molecule has 1 saturated carbocycles. The third-order valence-corrected chi connectivity index (χ3v) is 4.82. The first kappa shape index (κ1) is 16.9. The van der Waals surface area contributed by atoms with Crippen LogP contribution in [0.3, 0.4) is 0 Å². The summed E-state index contributed by atoms with van der Waals surface area (Å²) < 4.78 is 14.1. The molecule has 130 valence electrons. The van der Waals surface area contributed by atoms with Crippen molar-refractivity contribution in [1.29, 1.82) is 0 Å². The Morgan fingerprint density at radius 3 is 2.83 bits per heavy atom. The monoisotopic (exact) mass is 333 g/mol. The van der Waals surface area contributed by atoms with Crippen molar-refractivity contribution in [3.05, 3.63) is 29.6 Å². The number of carbonyl (C=O) groups excluding carboxylic acids is 2. The molecule has 0 spiro atoms. The van der Waals surface area contributed by atoms with Gasteiger partial charge in [-0.2, -0.15) is 0 Å². The van der Waals surface area contributed by atoms with Crippen LogP contribution >= 0.6 is 0 Å². The van der Waals surface area contributed by atoms with E-state index in [0.717, 1.165) is 12.1 Å². The molecule has 1 aromatic rings. The third-order valence-electron chi connectivity index (χ3n) is 4.82. The minimum absolute atomic E-state index is 0.123. The van der Waals surface area contributed by atoms with Crippen LogP contribution in [0.4, 0.5) is 10.1 Å². The Labute approximate surface area is 141 Å². The normalized spacial score (nSPS) is 20.8. The van der Waals surface area contributed by atoms with E-state index in [-0.39, 0.29) is 30.5 Å². The molecule has 0 bridgehead atoms. The van der Waals surface area contributed by atoms with Gasteiger partial charge in [-0.3, -0.25) is 9.59 Å². The number of anilines is 1. The van der Waals surface area contributed by atoms with Gasteiger partial charge in [-0.05, 0) is 44.5 Å². The van der Waals surface area contributed by atoms with Crippen molar-refractivity contribution in [3.8, 4) is 0 Å². The number of nitrogens with one attached hydrogen (secondary N) is 1. The summed E-state index contributed by atoms with van der Waals surface area (Å²) in [4.78, 5) is 28.1. The van der Waals surface area contributed by atoms with E-state index >= 15 is 0 Å². The molecule has 1 atom stereocenters. The number of rotatable bonds is 6. The quantitative estimate of drug-likeness (QED) is 0.862. The molecule has 1 aliphatic carbocycles. The molecule has 6 heteroatoms. The molecule has 3 rings (SSSR count). The summed E-state index contributed by atoms with van der Waals surface area (Å²) >= 11 is 0. The molecule has 24 heavy (non-hydrogen) atoms. The zero-order valence-electron chi connectivity index (χ0n) is 14.2. The van der Waals surface area contributed by atoms with Crippen LogP contribution in [0.25, 0.3) is 0 Å². The fraction of sp³-hybridized carbons (Fsp3) is 0.556. The predicted molar refractivity (Wildman–Crippen MR) is 90.3 cm³/mol. The molecule has 5 nitrogen and oxygen atoms in total. The van der Waals surface area contributed by atoms with Crippen molar-refractivity contribution in [2.75, 3.05) is 31.6 Å². The first-order valence-corrected chi connectivity index (χ1v) is 8.50. The summed E-state index contributed by atoms with van der Waals surface area (Å²) in [5.74, 6) is -1.16. The fourth-order valence-electron chi connectivity index (χ4n) is 3.14. The summed E-state index contributed by atoms with van der Waals surface area (Å²) in [6.07, 6.45) is 2.61. The molecule has 2 aliphatic rings. The van der Waals surface area contributed by atoms with Gasteiger partial charge in [0.25, 0.3) is 0 Å². The van der Waals surface area contributed by atoms with E-state index in [1.54, 1.807) is 19.1 Å². The van der Waals surface area contributed by atoms with Gasteiger partial charge >= 0.3 is 0 Å². The van der Waals surface area contributed by atoms with Gasteiger partial charge < -0.3 is 15.1 Å². The van der Waals surface area contributed by atoms with Gasteiger partial charge in [0.05, 0.1) is 11.6 Å². The molecular weight excluding hydrogens is 309 g/mol. The number of nitrogens with zero attached hydrogens (tertiary/aromatic N) is 2. The minimum atomic E-state index is -0.421. The molecule has 2 fully saturated rings. The number of hydrogen-bond donors (Lipinski definition) is 1. The Kier molecular flexibility index (Phi) is 4.85. The summed E-state index contributed by atoms with van der Waals surface area (Å²) in [7, 11) is 2.06. The molecule has 1 aliphatic heterocycles. The van der Waals surface area contributed by atoms with E-state index in [9.17, 15) is 14.0 Å². The van der Waals surface area contributed by atoms with Crippen LogP contribution in [0.15, 0.2) is 18.2 Å². The second-order valence-electron chi connectivity index (χ2n) is 6.86. The van der Waals surface area contributed by atoms with Gasteiger partial charge in [0.15, 0.2) is 0 Å². The SMILES string of the molecule is Cc1ccc(N2C[C@H](C(=O)NCCN(C)C3CC3)CC2=O)c(F)c1. The number of hydrogen-bond acceptors (Lipinski definition) is 3. The van der Waals surface area contributed by atoms with Crippen LogP contribution in [0, 0.1) is 18.7 Å². The van der Waals surface area contributed by atoms with E-state index in [2.05, 4.69) is 17.3 Å². The Morgan fingerprint density at radius 1 is 1.42 bits per heavy atom. The average molecular weight is 333 g/mol. The first-order chi connectivity index (χ1) is 11.5. The largest absolute Gasteiger partial charge is 0.355 e. The number of aryl methyl sites for hydroxylation is 1. The Morgan fingerprint density at radius 2 is 2.17 bits per heavy atom. The standard InChI is InChI=1S/C18H24FN3O2/c1-12-3-6-16(15(19)9-12)22-11-13(10-17(22)23)18(24)20-7-8-21(2)14-4-5-14/h3,6,9,13-14H,4-5,7-8,10-11H2,1-2H3,(H,20,24)/t13-/m1/s1. The summed E-state index contributed by atoms with van der Waals surface area (Å²) in [5, 5.41) is 2.90. The van der Waals surface area contributed by atoms with Gasteiger partial charge in [-0.25, -0.2) is 4.39 Å². The molecule has 0 unspecified atom stereocenters. The van der Waals surface area contributed by atoms with Gasteiger partial charge in [-0.15, -0.1) is 0 Å². The number of amides is 2. The van der Waals surface area contributed by atoms with Crippen molar-refractivity contribution in [3.63, 3.8) is 0 Å². The van der Waals surface area contributed by atoms with Gasteiger partial charge in [-0.1, -0.05) is 6.07 Å². The molecule has 2 amide bonds.